The van der Waals surface area contributed by atoms with Gasteiger partial charge >= 0.3 is 0 Å². The average molecular weight is 332 g/mol. The van der Waals surface area contributed by atoms with E-state index >= 15 is 0 Å². The molecule has 15 heavy (non-hydrogen) atoms. The summed E-state index contributed by atoms with van der Waals surface area (Å²) in [5, 5.41) is 0.578. The molecule has 2 rings (SSSR count). The van der Waals surface area contributed by atoms with Gasteiger partial charge in [0.1, 0.15) is 0 Å². The second-order valence-corrected chi connectivity index (χ2v) is 4.65. The third-order valence-electron chi connectivity index (χ3n) is 2.03. The van der Waals surface area contributed by atoms with Crippen molar-refractivity contribution in [1.82, 2.24) is 4.98 Å². The van der Waals surface area contributed by atoms with Crippen LogP contribution in [0.2, 0.25) is 5.02 Å². The van der Waals surface area contributed by atoms with Gasteiger partial charge in [0.05, 0.1) is 0 Å². The molecule has 2 nitrogen and oxygen atoms in total. The van der Waals surface area contributed by atoms with E-state index in [-0.39, 0.29) is 5.78 Å². The molecule has 0 fully saturated rings. The van der Waals surface area contributed by atoms with Crippen molar-refractivity contribution in [3.63, 3.8) is 0 Å². The predicted molar refractivity (Wildman–Crippen MR) is 68.4 cm³/mol. The summed E-state index contributed by atoms with van der Waals surface area (Å²) < 4.78 is 0.906. The maximum Gasteiger partial charge on any atom is 0.195 e. The maximum absolute atomic E-state index is 12.0. The number of aromatic nitrogens is 1. The van der Waals surface area contributed by atoms with E-state index in [1.165, 1.54) is 0 Å². The van der Waals surface area contributed by atoms with Crippen molar-refractivity contribution in [3.8, 4) is 0 Å². The van der Waals surface area contributed by atoms with Crippen LogP contribution in [0.15, 0.2) is 36.7 Å². The summed E-state index contributed by atoms with van der Waals surface area (Å²) in [6.07, 6.45) is 3.41. The number of aromatic amines is 1. The van der Waals surface area contributed by atoms with Crippen LogP contribution >= 0.6 is 34.2 Å². The van der Waals surface area contributed by atoms with Gasteiger partial charge in [-0.1, -0.05) is 11.6 Å². The topological polar surface area (TPSA) is 32.9 Å². The lowest BCUT2D eigenvalue weighted by Crippen LogP contribution is -2.02. The fourth-order valence-electron chi connectivity index (χ4n) is 1.29. The lowest BCUT2D eigenvalue weighted by molar-refractivity contribution is 0.103. The number of carbonyl (C=O) groups excluding carboxylic acids is 1. The molecule has 76 valence electrons. The van der Waals surface area contributed by atoms with Gasteiger partial charge in [-0.15, -0.1) is 0 Å². The van der Waals surface area contributed by atoms with Gasteiger partial charge in [0.15, 0.2) is 5.78 Å². The second-order valence-electron chi connectivity index (χ2n) is 3.05. The molecular formula is C11H7ClINO. The molecule has 0 bridgehead atoms. The van der Waals surface area contributed by atoms with Crippen molar-refractivity contribution in [2.24, 2.45) is 0 Å². The van der Waals surface area contributed by atoms with Crippen LogP contribution in [0.5, 0.6) is 0 Å². The number of hydrogen-bond donors (Lipinski definition) is 1. The molecule has 0 spiro atoms. The highest BCUT2D eigenvalue weighted by Crippen LogP contribution is 2.20. The quantitative estimate of drug-likeness (QED) is 0.663. The molecule has 0 amide bonds. The second kappa shape index (κ2) is 4.37. The van der Waals surface area contributed by atoms with Gasteiger partial charge in [0, 0.05) is 32.1 Å². The Hall–Kier alpha value is -0.810. The lowest BCUT2D eigenvalue weighted by Gasteiger charge is -2.02. The van der Waals surface area contributed by atoms with Crippen LogP contribution < -0.4 is 0 Å². The molecule has 1 aromatic carbocycles. The largest absolute Gasteiger partial charge is 0.367 e. The molecule has 0 aliphatic carbocycles. The Morgan fingerprint density at radius 1 is 1.33 bits per heavy atom. The number of ketones is 1. The number of carbonyl (C=O) groups is 1. The number of benzene rings is 1. The van der Waals surface area contributed by atoms with E-state index in [0.29, 0.717) is 16.1 Å². The molecule has 4 heteroatoms. The molecule has 1 N–H and O–H groups in total. The summed E-state index contributed by atoms with van der Waals surface area (Å²) in [7, 11) is 0. The molecule has 0 aliphatic rings. The number of rotatable bonds is 2. The van der Waals surface area contributed by atoms with E-state index in [1.807, 2.05) is 6.07 Å². The summed E-state index contributed by atoms with van der Waals surface area (Å²) in [5.41, 5.74) is 1.29. The Labute approximate surface area is 106 Å². The lowest BCUT2D eigenvalue weighted by atomic mass is 10.1. The average Bonchev–Trinajstić information content (AvgIpc) is 2.74. The van der Waals surface area contributed by atoms with Gasteiger partial charge in [-0.25, -0.2) is 0 Å². The molecule has 2 aromatic rings. The fourth-order valence-corrected chi connectivity index (χ4v) is 2.04. The minimum absolute atomic E-state index is 0.0110. The van der Waals surface area contributed by atoms with E-state index < -0.39 is 0 Å². The highest BCUT2D eigenvalue weighted by atomic mass is 127. The summed E-state index contributed by atoms with van der Waals surface area (Å²) >= 11 is 7.99. The number of hydrogen-bond acceptors (Lipinski definition) is 1. The molecule has 0 saturated carbocycles. The van der Waals surface area contributed by atoms with Gasteiger partial charge < -0.3 is 4.98 Å². The summed E-state index contributed by atoms with van der Waals surface area (Å²) in [6, 6.07) is 7.05. The van der Waals surface area contributed by atoms with Crippen LogP contribution in [0.4, 0.5) is 0 Å². The molecule has 0 unspecified atom stereocenters. The Kier molecular flexibility index (Phi) is 3.11. The first-order valence-corrected chi connectivity index (χ1v) is 5.76. The zero-order valence-corrected chi connectivity index (χ0v) is 10.5. The van der Waals surface area contributed by atoms with Crippen molar-refractivity contribution in [1.29, 1.82) is 0 Å². The Morgan fingerprint density at radius 3 is 2.80 bits per heavy atom. The Bertz CT molecular complexity index is 493. The van der Waals surface area contributed by atoms with Crippen molar-refractivity contribution in [3.05, 3.63) is 56.4 Å². The maximum atomic E-state index is 12.0. The number of halogens is 2. The predicted octanol–water partition coefficient (Wildman–Crippen LogP) is 3.50. The summed E-state index contributed by atoms with van der Waals surface area (Å²) in [5.74, 6) is -0.0110. The van der Waals surface area contributed by atoms with Crippen molar-refractivity contribution in [2.75, 3.05) is 0 Å². The molecule has 1 aromatic heterocycles. The zero-order chi connectivity index (χ0) is 10.8. The van der Waals surface area contributed by atoms with Crippen molar-refractivity contribution < 1.29 is 4.79 Å². The van der Waals surface area contributed by atoms with Crippen LogP contribution in [0.1, 0.15) is 15.9 Å². The van der Waals surface area contributed by atoms with Crippen LogP contribution in [0.3, 0.4) is 0 Å². The van der Waals surface area contributed by atoms with Gasteiger partial charge in [-0.3, -0.25) is 4.79 Å². The monoisotopic (exact) mass is 331 g/mol. The van der Waals surface area contributed by atoms with E-state index in [2.05, 4.69) is 27.6 Å². The molecule has 0 atom stereocenters. The SMILES string of the molecule is O=C(c1cc[nH]c1)c1cc(Cl)ccc1I. The van der Waals surface area contributed by atoms with Crippen LogP contribution in [0, 0.1) is 3.57 Å². The molecule has 0 aliphatic heterocycles. The van der Waals surface area contributed by atoms with Crippen molar-refractivity contribution >= 4 is 40.0 Å². The van der Waals surface area contributed by atoms with E-state index in [9.17, 15) is 4.79 Å². The number of H-pyrrole nitrogens is 1. The first-order chi connectivity index (χ1) is 7.18. The Balaban J connectivity index is 2.46. The van der Waals surface area contributed by atoms with E-state index in [0.717, 1.165) is 3.57 Å². The smallest absolute Gasteiger partial charge is 0.195 e. The standard InChI is InChI=1S/C11H7ClINO/c12-8-1-2-10(13)9(5-8)11(15)7-3-4-14-6-7/h1-6,14H. The van der Waals surface area contributed by atoms with Gasteiger partial charge in [0.25, 0.3) is 0 Å². The fraction of sp³-hybridized carbons (Fsp3) is 0. The normalized spacial score (nSPS) is 10.3. The summed E-state index contributed by atoms with van der Waals surface area (Å²) in [6.45, 7) is 0. The number of nitrogens with one attached hydrogen (secondary N) is 1. The zero-order valence-electron chi connectivity index (χ0n) is 7.63. The third kappa shape index (κ3) is 2.23. The van der Waals surface area contributed by atoms with Gasteiger partial charge in [-0.05, 0) is 46.9 Å². The highest BCUT2D eigenvalue weighted by Gasteiger charge is 2.12. The van der Waals surface area contributed by atoms with E-state index in [1.54, 1.807) is 30.6 Å². The Morgan fingerprint density at radius 2 is 2.13 bits per heavy atom. The van der Waals surface area contributed by atoms with Crippen LogP contribution in [-0.2, 0) is 0 Å². The molecular weight excluding hydrogens is 324 g/mol. The first kappa shape index (κ1) is 10.7. The van der Waals surface area contributed by atoms with Gasteiger partial charge in [-0.2, -0.15) is 0 Å². The molecule has 1 heterocycles. The van der Waals surface area contributed by atoms with Crippen LogP contribution in [0.25, 0.3) is 0 Å². The minimum Gasteiger partial charge on any atom is -0.367 e. The van der Waals surface area contributed by atoms with E-state index in [4.69, 9.17) is 11.6 Å². The summed E-state index contributed by atoms with van der Waals surface area (Å²) in [4.78, 5) is 14.9. The molecule has 0 radical (unpaired) electrons. The van der Waals surface area contributed by atoms with Gasteiger partial charge in [0.2, 0.25) is 0 Å². The minimum atomic E-state index is -0.0110. The highest BCUT2D eigenvalue weighted by molar-refractivity contribution is 14.1. The third-order valence-corrected chi connectivity index (χ3v) is 3.21. The first-order valence-electron chi connectivity index (χ1n) is 4.31. The van der Waals surface area contributed by atoms with Crippen LogP contribution in [-0.4, -0.2) is 10.8 Å². The molecule has 0 saturated heterocycles. The van der Waals surface area contributed by atoms with Crippen molar-refractivity contribution in [2.45, 2.75) is 0 Å².